The first-order valence-electron chi connectivity index (χ1n) is 14.0. The van der Waals surface area contributed by atoms with Crippen LogP contribution in [0.5, 0.6) is 11.5 Å². The molecule has 41 heavy (non-hydrogen) atoms. The van der Waals surface area contributed by atoms with E-state index in [9.17, 15) is 14.0 Å². The number of likely N-dealkylation sites (N-methyl/N-ethyl adjacent to an activating group) is 1. The number of aryl methyl sites for hydroxylation is 1. The first kappa shape index (κ1) is 28.9. The number of nitrogens with zero attached hydrogens (tertiary/aromatic N) is 3. The summed E-state index contributed by atoms with van der Waals surface area (Å²) in [5.41, 5.74) is 2.89. The van der Waals surface area contributed by atoms with Crippen molar-refractivity contribution in [2.24, 2.45) is 0 Å². The molecule has 0 aliphatic carbocycles. The predicted molar refractivity (Wildman–Crippen MR) is 161 cm³/mol. The zero-order valence-corrected chi connectivity index (χ0v) is 24.3. The van der Waals surface area contributed by atoms with E-state index in [1.54, 1.807) is 30.5 Å². The maximum absolute atomic E-state index is 14.0. The fourth-order valence-corrected chi connectivity index (χ4v) is 5.90. The molecule has 2 aromatic heterocycles. The highest BCUT2D eigenvalue weighted by Gasteiger charge is 2.16. The Bertz CT molecular complexity index is 1510. The Kier molecular flexibility index (Phi) is 9.38. The number of carbonyl (C=O) groups excluding carboxylic acids is 2. The van der Waals surface area contributed by atoms with Crippen LogP contribution in [0.2, 0.25) is 0 Å². The molecule has 1 aliphatic heterocycles. The first-order chi connectivity index (χ1) is 19.8. The summed E-state index contributed by atoms with van der Waals surface area (Å²) in [5.74, 6) is 0.723. The Labute approximate surface area is 243 Å². The van der Waals surface area contributed by atoms with E-state index in [1.165, 1.54) is 17.4 Å². The lowest BCUT2D eigenvalue weighted by Crippen LogP contribution is -2.45. The van der Waals surface area contributed by atoms with E-state index in [1.807, 2.05) is 31.2 Å². The molecule has 214 valence electrons. The third kappa shape index (κ3) is 7.75. The summed E-state index contributed by atoms with van der Waals surface area (Å²) in [5, 5.41) is 3.04. The Morgan fingerprint density at radius 3 is 2.59 bits per heavy atom. The average molecular weight is 575 g/mol. The maximum atomic E-state index is 14.0. The van der Waals surface area contributed by atoms with Gasteiger partial charge in [0.1, 0.15) is 23.1 Å². The number of fused-ring (bicyclic) bond motifs is 1. The van der Waals surface area contributed by atoms with Crippen LogP contribution in [-0.4, -0.2) is 72.8 Å². The van der Waals surface area contributed by atoms with Crippen LogP contribution in [0.25, 0.3) is 10.2 Å². The molecule has 5 rings (SSSR count). The summed E-state index contributed by atoms with van der Waals surface area (Å²) in [4.78, 5) is 35.2. The van der Waals surface area contributed by atoms with E-state index < -0.39 is 0 Å². The van der Waals surface area contributed by atoms with Crippen LogP contribution in [0.15, 0.2) is 60.8 Å². The van der Waals surface area contributed by atoms with Gasteiger partial charge in [-0.3, -0.25) is 14.6 Å². The van der Waals surface area contributed by atoms with Gasteiger partial charge in [0.25, 0.3) is 5.91 Å². The Hall–Kier alpha value is -3.66. The van der Waals surface area contributed by atoms with E-state index in [0.717, 1.165) is 55.0 Å². The van der Waals surface area contributed by atoms with E-state index in [0.29, 0.717) is 34.0 Å². The minimum absolute atomic E-state index is 0.0530. The number of ketones is 1. The lowest BCUT2D eigenvalue weighted by atomic mass is 10.0. The summed E-state index contributed by atoms with van der Waals surface area (Å²) >= 11 is 1.36. The number of thiophene rings is 1. The molecular formula is C32H35FN4O3S. The molecule has 0 radical (unpaired) electrons. The van der Waals surface area contributed by atoms with Crippen molar-refractivity contribution in [1.29, 1.82) is 0 Å². The van der Waals surface area contributed by atoms with Gasteiger partial charge in [0.2, 0.25) is 0 Å². The zero-order valence-electron chi connectivity index (χ0n) is 23.5. The standard InChI is InChI=1S/C32H35FN4O3S/c1-22-4-9-27(33)24(18-22)20-25(38)19-23-5-7-26(8-6-23)40-29-10-12-34-28-21-30(41-31(28)29)32(39)35-11-3-13-37-16-14-36(2)15-17-37/h4-10,12,18,21H,3,11,13-17,19-20H2,1-2H3,(H,35,39). The lowest BCUT2D eigenvalue weighted by Gasteiger charge is -2.32. The zero-order chi connectivity index (χ0) is 28.8. The molecule has 1 N–H and O–H groups in total. The van der Waals surface area contributed by atoms with Gasteiger partial charge in [-0.05, 0) is 62.3 Å². The molecular weight excluding hydrogens is 539 g/mol. The number of hydrogen-bond acceptors (Lipinski definition) is 7. The van der Waals surface area contributed by atoms with Crippen LogP contribution in [0.1, 0.15) is 32.8 Å². The Morgan fingerprint density at radius 2 is 1.80 bits per heavy atom. The molecule has 1 amide bonds. The van der Waals surface area contributed by atoms with Crippen LogP contribution in [0, 0.1) is 12.7 Å². The summed E-state index contributed by atoms with van der Waals surface area (Å²) in [6, 6.07) is 15.7. The fourth-order valence-electron chi connectivity index (χ4n) is 4.91. The molecule has 0 atom stereocenters. The quantitative estimate of drug-likeness (QED) is 0.247. The Balaban J connectivity index is 1.15. The minimum Gasteiger partial charge on any atom is -0.456 e. The number of ether oxygens (including phenoxy) is 1. The smallest absolute Gasteiger partial charge is 0.261 e. The molecule has 0 bridgehead atoms. The molecule has 0 saturated carbocycles. The van der Waals surface area contributed by atoms with Gasteiger partial charge in [0.15, 0.2) is 0 Å². The third-order valence-electron chi connectivity index (χ3n) is 7.27. The second-order valence-corrected chi connectivity index (χ2v) is 11.7. The van der Waals surface area contributed by atoms with Gasteiger partial charge in [0, 0.05) is 57.8 Å². The van der Waals surface area contributed by atoms with Gasteiger partial charge in [-0.1, -0.05) is 29.8 Å². The van der Waals surface area contributed by atoms with Crippen molar-refractivity contribution in [2.75, 3.05) is 46.3 Å². The number of piperazine rings is 1. The van der Waals surface area contributed by atoms with Crippen LogP contribution >= 0.6 is 11.3 Å². The van der Waals surface area contributed by atoms with Gasteiger partial charge in [-0.15, -0.1) is 11.3 Å². The lowest BCUT2D eigenvalue weighted by molar-refractivity contribution is -0.117. The molecule has 1 aliphatic rings. The fraction of sp³-hybridized carbons (Fsp3) is 0.344. The number of rotatable bonds is 11. The average Bonchev–Trinajstić information content (AvgIpc) is 3.41. The van der Waals surface area contributed by atoms with Crippen molar-refractivity contribution < 1.29 is 18.7 Å². The summed E-state index contributed by atoms with van der Waals surface area (Å²) in [6.45, 7) is 7.82. The number of nitrogens with one attached hydrogen (secondary N) is 1. The van der Waals surface area contributed by atoms with E-state index in [2.05, 4.69) is 27.1 Å². The molecule has 2 aromatic carbocycles. The molecule has 0 unspecified atom stereocenters. The summed E-state index contributed by atoms with van der Waals surface area (Å²) in [7, 11) is 2.15. The van der Waals surface area contributed by atoms with Crippen molar-refractivity contribution in [3.63, 3.8) is 0 Å². The van der Waals surface area contributed by atoms with Crippen molar-refractivity contribution in [1.82, 2.24) is 20.1 Å². The molecule has 0 spiro atoms. The number of Topliss-reactive ketones (excluding diaryl/α,β-unsaturated/α-hetero) is 1. The molecule has 3 heterocycles. The number of halogens is 1. The number of aromatic nitrogens is 1. The van der Waals surface area contributed by atoms with Gasteiger partial charge < -0.3 is 19.9 Å². The van der Waals surface area contributed by atoms with Crippen molar-refractivity contribution in [3.05, 3.63) is 88.2 Å². The Morgan fingerprint density at radius 1 is 1.02 bits per heavy atom. The van der Waals surface area contributed by atoms with Gasteiger partial charge in [-0.2, -0.15) is 0 Å². The minimum atomic E-state index is -0.355. The maximum Gasteiger partial charge on any atom is 0.261 e. The third-order valence-corrected chi connectivity index (χ3v) is 8.41. The van der Waals surface area contributed by atoms with E-state index in [4.69, 9.17) is 4.74 Å². The number of amides is 1. The van der Waals surface area contributed by atoms with E-state index >= 15 is 0 Å². The van der Waals surface area contributed by atoms with Gasteiger partial charge >= 0.3 is 0 Å². The molecule has 1 fully saturated rings. The van der Waals surface area contributed by atoms with Crippen LogP contribution in [-0.2, 0) is 17.6 Å². The highest BCUT2D eigenvalue weighted by Crippen LogP contribution is 2.35. The number of pyridine rings is 1. The number of carbonyl (C=O) groups is 2. The molecule has 7 nitrogen and oxygen atoms in total. The number of benzene rings is 2. The highest BCUT2D eigenvalue weighted by atomic mass is 32.1. The molecule has 9 heteroatoms. The van der Waals surface area contributed by atoms with Gasteiger partial charge in [-0.25, -0.2) is 4.39 Å². The second kappa shape index (κ2) is 13.3. The predicted octanol–water partition coefficient (Wildman–Crippen LogP) is 5.26. The van der Waals surface area contributed by atoms with Crippen LogP contribution in [0.3, 0.4) is 0 Å². The molecule has 4 aromatic rings. The molecule has 1 saturated heterocycles. The first-order valence-corrected chi connectivity index (χ1v) is 14.8. The van der Waals surface area contributed by atoms with E-state index in [-0.39, 0.29) is 30.3 Å². The topological polar surface area (TPSA) is 74.8 Å². The largest absolute Gasteiger partial charge is 0.456 e. The SMILES string of the molecule is Cc1ccc(F)c(CC(=O)Cc2ccc(Oc3ccnc4cc(C(=O)NCCCN5CCN(C)CC5)sc34)cc2)c1. The summed E-state index contributed by atoms with van der Waals surface area (Å²) < 4.78 is 21.0. The van der Waals surface area contributed by atoms with Crippen molar-refractivity contribution >= 4 is 33.2 Å². The van der Waals surface area contributed by atoms with Crippen molar-refractivity contribution in [2.45, 2.75) is 26.2 Å². The summed E-state index contributed by atoms with van der Waals surface area (Å²) in [6.07, 6.45) is 2.86. The monoisotopic (exact) mass is 574 g/mol. The van der Waals surface area contributed by atoms with Gasteiger partial charge in [0.05, 0.1) is 15.1 Å². The van der Waals surface area contributed by atoms with Crippen LogP contribution in [0.4, 0.5) is 4.39 Å². The highest BCUT2D eigenvalue weighted by molar-refractivity contribution is 7.21. The normalized spacial score (nSPS) is 14.3. The second-order valence-electron chi connectivity index (χ2n) is 10.6. The number of hydrogen-bond donors (Lipinski definition) is 1. The van der Waals surface area contributed by atoms with Crippen LogP contribution < -0.4 is 10.1 Å². The van der Waals surface area contributed by atoms with Crippen molar-refractivity contribution in [3.8, 4) is 11.5 Å².